The molecule has 1 N–H and O–H groups in total. The van der Waals surface area contributed by atoms with Crippen LogP contribution in [0.4, 0.5) is 13.2 Å². The Bertz CT molecular complexity index is 1020. The number of pyridine rings is 1. The Hall–Kier alpha value is -3.23. The molecule has 0 radical (unpaired) electrons. The van der Waals surface area contributed by atoms with Gasteiger partial charge >= 0.3 is 6.11 Å². The molecule has 0 aliphatic heterocycles. The highest BCUT2D eigenvalue weighted by molar-refractivity contribution is 5.99. The minimum atomic E-state index is -3.90. The largest absolute Gasteiger partial charge is 0.495 e. The Balaban J connectivity index is 1.80. The lowest BCUT2D eigenvalue weighted by Crippen LogP contribution is -2.28. The number of alkyl halides is 3. The highest BCUT2D eigenvalue weighted by atomic mass is 19.3. The fraction of sp³-hybridized carbons (Fsp3) is 0.300. The molecule has 154 valence electrons. The average Bonchev–Trinajstić information content (AvgIpc) is 3.03. The zero-order valence-corrected chi connectivity index (χ0v) is 16.1. The predicted octanol–water partition coefficient (Wildman–Crippen LogP) is 4.01. The molecule has 3 aromatic rings. The lowest BCUT2D eigenvalue weighted by atomic mass is 10.2. The minimum Gasteiger partial charge on any atom is -0.495 e. The van der Waals surface area contributed by atoms with Crippen molar-refractivity contribution in [1.82, 2.24) is 14.9 Å². The number of carbonyl (C=O) groups excluding carboxylic acids is 1. The van der Waals surface area contributed by atoms with Gasteiger partial charge in [0.05, 0.1) is 25.0 Å². The van der Waals surface area contributed by atoms with Gasteiger partial charge in [0.1, 0.15) is 17.2 Å². The quantitative estimate of drug-likeness (QED) is 0.643. The van der Waals surface area contributed by atoms with Crippen molar-refractivity contribution in [3.05, 3.63) is 54.0 Å². The molecule has 0 bridgehead atoms. The van der Waals surface area contributed by atoms with Crippen molar-refractivity contribution in [1.29, 1.82) is 0 Å². The second-order valence-electron chi connectivity index (χ2n) is 6.50. The molecule has 3 rings (SSSR count). The first-order chi connectivity index (χ1) is 13.7. The number of carbonyl (C=O) groups is 1. The molecule has 0 spiro atoms. The lowest BCUT2D eigenvalue weighted by Gasteiger charge is -2.14. The summed E-state index contributed by atoms with van der Waals surface area (Å²) in [5.74, 6) is 0.0659. The van der Waals surface area contributed by atoms with Gasteiger partial charge in [0.15, 0.2) is 6.67 Å². The van der Waals surface area contributed by atoms with Crippen LogP contribution in [0.25, 0.3) is 10.9 Å². The van der Waals surface area contributed by atoms with Gasteiger partial charge in [-0.1, -0.05) is 0 Å². The highest BCUT2D eigenvalue weighted by Gasteiger charge is 2.31. The summed E-state index contributed by atoms with van der Waals surface area (Å²) in [6, 6.07) is 8.86. The number of benzene rings is 1. The second-order valence-corrected chi connectivity index (χ2v) is 6.50. The van der Waals surface area contributed by atoms with E-state index in [2.05, 4.69) is 15.0 Å². The van der Waals surface area contributed by atoms with Gasteiger partial charge in [-0.3, -0.25) is 9.78 Å². The number of aryl methyl sites for hydroxylation is 1. The summed E-state index contributed by atoms with van der Waals surface area (Å²) in [5, 5.41) is 3.36. The minimum absolute atomic E-state index is 0.187. The zero-order chi connectivity index (χ0) is 21.2. The van der Waals surface area contributed by atoms with Crippen molar-refractivity contribution in [3.63, 3.8) is 0 Å². The number of ether oxygens (including phenoxy) is 2. The Morgan fingerprint density at radius 2 is 1.97 bits per heavy atom. The Labute approximate surface area is 165 Å². The van der Waals surface area contributed by atoms with E-state index in [0.29, 0.717) is 28.0 Å². The third-order valence-electron chi connectivity index (χ3n) is 4.46. The summed E-state index contributed by atoms with van der Waals surface area (Å²) in [6.45, 7) is -0.134. The van der Waals surface area contributed by atoms with Crippen LogP contribution in [-0.4, -0.2) is 35.4 Å². The van der Waals surface area contributed by atoms with Crippen molar-refractivity contribution in [2.45, 2.75) is 19.1 Å². The van der Waals surface area contributed by atoms with Gasteiger partial charge in [-0.15, -0.1) is 0 Å². The van der Waals surface area contributed by atoms with E-state index < -0.39 is 12.8 Å². The molecular formula is C20H20F3N3O3. The first-order valence-electron chi connectivity index (χ1n) is 8.77. The van der Waals surface area contributed by atoms with E-state index >= 15 is 0 Å². The molecule has 0 saturated carbocycles. The SMILES string of the molecule is COc1ccc([C@@H](C)NC(=O)c2cc3cc(OC(F)(F)CF)ccc3n2C)nc1. The summed E-state index contributed by atoms with van der Waals surface area (Å²) >= 11 is 0. The van der Waals surface area contributed by atoms with Crippen LogP contribution in [0.1, 0.15) is 29.1 Å². The maximum Gasteiger partial charge on any atom is 0.427 e. The fourth-order valence-corrected chi connectivity index (χ4v) is 2.92. The molecule has 6 nitrogen and oxygen atoms in total. The molecule has 0 saturated heterocycles. The van der Waals surface area contributed by atoms with Gasteiger partial charge in [0.2, 0.25) is 0 Å². The summed E-state index contributed by atoms with van der Waals surface area (Å²) in [5.41, 5.74) is 1.62. The first kappa shape index (κ1) is 20.5. The topological polar surface area (TPSA) is 65.4 Å². The smallest absolute Gasteiger partial charge is 0.427 e. The highest BCUT2D eigenvalue weighted by Crippen LogP contribution is 2.28. The van der Waals surface area contributed by atoms with Crippen LogP contribution >= 0.6 is 0 Å². The maximum atomic E-state index is 13.1. The third-order valence-corrected chi connectivity index (χ3v) is 4.46. The van der Waals surface area contributed by atoms with Crippen molar-refractivity contribution in [2.24, 2.45) is 7.05 Å². The number of amides is 1. The molecular weight excluding hydrogens is 387 g/mol. The number of hydrogen-bond donors (Lipinski definition) is 1. The Morgan fingerprint density at radius 1 is 1.24 bits per heavy atom. The van der Waals surface area contributed by atoms with Crippen LogP contribution in [0.5, 0.6) is 11.5 Å². The van der Waals surface area contributed by atoms with Gasteiger partial charge in [0, 0.05) is 18.0 Å². The number of fused-ring (bicyclic) bond motifs is 1. The molecule has 0 unspecified atom stereocenters. The maximum absolute atomic E-state index is 13.1. The zero-order valence-electron chi connectivity index (χ0n) is 16.1. The summed E-state index contributed by atoms with van der Waals surface area (Å²) in [7, 11) is 3.22. The molecule has 1 atom stereocenters. The van der Waals surface area contributed by atoms with Gasteiger partial charge < -0.3 is 19.4 Å². The van der Waals surface area contributed by atoms with Crippen LogP contribution in [0, 0.1) is 0 Å². The predicted molar refractivity (Wildman–Crippen MR) is 101 cm³/mol. The van der Waals surface area contributed by atoms with Crippen molar-refractivity contribution >= 4 is 16.8 Å². The number of nitrogens with one attached hydrogen (secondary N) is 1. The average molecular weight is 407 g/mol. The first-order valence-corrected chi connectivity index (χ1v) is 8.77. The van der Waals surface area contributed by atoms with Crippen LogP contribution in [0.2, 0.25) is 0 Å². The lowest BCUT2D eigenvalue weighted by molar-refractivity contribution is -0.186. The molecule has 0 aliphatic carbocycles. The van der Waals surface area contributed by atoms with E-state index in [1.54, 1.807) is 42.9 Å². The van der Waals surface area contributed by atoms with Crippen LogP contribution < -0.4 is 14.8 Å². The normalized spacial score (nSPS) is 12.6. The molecule has 0 fully saturated rings. The van der Waals surface area contributed by atoms with E-state index in [4.69, 9.17) is 4.74 Å². The van der Waals surface area contributed by atoms with E-state index in [1.165, 1.54) is 25.3 Å². The van der Waals surface area contributed by atoms with E-state index in [-0.39, 0.29) is 17.7 Å². The molecule has 1 amide bonds. The van der Waals surface area contributed by atoms with Gasteiger partial charge in [-0.05, 0) is 43.3 Å². The second kappa shape index (κ2) is 8.02. The van der Waals surface area contributed by atoms with Gasteiger partial charge in [-0.25, -0.2) is 4.39 Å². The molecule has 1 aromatic carbocycles. The molecule has 2 heterocycles. The summed E-state index contributed by atoms with van der Waals surface area (Å²) < 4.78 is 49.6. The number of aromatic nitrogens is 2. The number of methoxy groups -OCH3 is 1. The Kier molecular flexibility index (Phi) is 5.67. The van der Waals surface area contributed by atoms with Crippen molar-refractivity contribution in [2.75, 3.05) is 13.8 Å². The summed E-state index contributed by atoms with van der Waals surface area (Å²) in [4.78, 5) is 17.0. The Morgan fingerprint density at radius 3 is 2.59 bits per heavy atom. The van der Waals surface area contributed by atoms with Crippen molar-refractivity contribution in [3.8, 4) is 11.5 Å². The van der Waals surface area contributed by atoms with Gasteiger partial charge in [-0.2, -0.15) is 8.78 Å². The number of rotatable bonds is 7. The van der Waals surface area contributed by atoms with E-state index in [1.807, 2.05) is 0 Å². The number of hydrogen-bond acceptors (Lipinski definition) is 4. The van der Waals surface area contributed by atoms with Crippen LogP contribution in [0.3, 0.4) is 0 Å². The fourth-order valence-electron chi connectivity index (χ4n) is 2.92. The number of nitrogens with zero attached hydrogens (tertiary/aromatic N) is 2. The van der Waals surface area contributed by atoms with Crippen LogP contribution in [0.15, 0.2) is 42.6 Å². The standard InChI is InChI=1S/C20H20F3N3O3/c1-12(16-6-4-15(28-3)10-24-16)25-19(27)18-9-13-8-14(29-20(22,23)11-21)5-7-17(13)26(18)2/h4-10,12H,11H2,1-3H3,(H,25,27)/t12-/m1/s1. The number of halogens is 3. The monoisotopic (exact) mass is 407 g/mol. The molecule has 29 heavy (non-hydrogen) atoms. The molecule has 2 aromatic heterocycles. The summed E-state index contributed by atoms with van der Waals surface area (Å²) in [6.07, 6.45) is -2.34. The van der Waals surface area contributed by atoms with Gasteiger partial charge in [0.25, 0.3) is 5.91 Å². The van der Waals surface area contributed by atoms with Crippen LogP contribution in [-0.2, 0) is 7.05 Å². The van der Waals surface area contributed by atoms with E-state index in [0.717, 1.165) is 0 Å². The molecule has 0 aliphatic rings. The van der Waals surface area contributed by atoms with E-state index in [9.17, 15) is 18.0 Å². The van der Waals surface area contributed by atoms with Crippen molar-refractivity contribution < 1.29 is 27.4 Å². The molecule has 9 heteroatoms. The third kappa shape index (κ3) is 4.44.